The van der Waals surface area contributed by atoms with Crippen LogP contribution >= 0.6 is 0 Å². The lowest BCUT2D eigenvalue weighted by molar-refractivity contribution is 0.173. The molecule has 0 fully saturated rings. The van der Waals surface area contributed by atoms with Crippen molar-refractivity contribution in [1.82, 2.24) is 5.32 Å². The fourth-order valence-electron chi connectivity index (χ4n) is 1.59. The second-order valence-corrected chi connectivity index (χ2v) is 4.02. The fraction of sp³-hybridized carbons (Fsp3) is 0.462. The molecule has 0 heterocycles. The number of methoxy groups -OCH3 is 3. The van der Waals surface area contributed by atoms with E-state index in [1.165, 1.54) is 0 Å². The van der Waals surface area contributed by atoms with Crippen LogP contribution in [0.5, 0.6) is 11.5 Å². The number of rotatable bonds is 6. The molecule has 1 aromatic carbocycles. The number of amides is 2. The number of carbonyl (C=O) groups excluding carboxylic acids is 1. The predicted octanol–water partition coefficient (Wildman–Crippen LogP) is 1.86. The molecule has 0 radical (unpaired) electrons. The van der Waals surface area contributed by atoms with E-state index in [1.807, 2.05) is 6.92 Å². The highest BCUT2D eigenvalue weighted by molar-refractivity contribution is 5.91. The van der Waals surface area contributed by atoms with E-state index in [4.69, 9.17) is 14.2 Å². The Morgan fingerprint density at radius 3 is 2.58 bits per heavy atom. The first-order valence-electron chi connectivity index (χ1n) is 5.89. The van der Waals surface area contributed by atoms with Gasteiger partial charge in [-0.15, -0.1) is 0 Å². The van der Waals surface area contributed by atoms with Gasteiger partial charge in [0.2, 0.25) is 0 Å². The van der Waals surface area contributed by atoms with Crippen molar-refractivity contribution in [3.8, 4) is 11.5 Å². The number of benzene rings is 1. The lowest BCUT2D eigenvalue weighted by Crippen LogP contribution is -2.38. The van der Waals surface area contributed by atoms with Gasteiger partial charge in [0, 0.05) is 13.2 Å². The van der Waals surface area contributed by atoms with Crippen LogP contribution in [0.15, 0.2) is 18.2 Å². The molecule has 1 atom stereocenters. The predicted molar refractivity (Wildman–Crippen MR) is 73.0 cm³/mol. The van der Waals surface area contributed by atoms with Crippen molar-refractivity contribution in [3.63, 3.8) is 0 Å². The second kappa shape index (κ2) is 7.48. The summed E-state index contributed by atoms with van der Waals surface area (Å²) in [5.41, 5.74) is 0.545. The van der Waals surface area contributed by atoms with Gasteiger partial charge in [-0.25, -0.2) is 4.79 Å². The van der Waals surface area contributed by atoms with Crippen LogP contribution in [0.25, 0.3) is 0 Å². The van der Waals surface area contributed by atoms with Crippen LogP contribution in [0.3, 0.4) is 0 Å². The van der Waals surface area contributed by atoms with E-state index in [2.05, 4.69) is 10.6 Å². The average Bonchev–Trinajstić information content (AvgIpc) is 2.38. The Hall–Kier alpha value is -1.95. The molecule has 0 unspecified atom stereocenters. The number of ether oxygens (including phenoxy) is 3. The first-order valence-corrected chi connectivity index (χ1v) is 5.89. The van der Waals surface area contributed by atoms with Crippen LogP contribution in [-0.4, -0.2) is 40.0 Å². The molecule has 0 aromatic heterocycles. The van der Waals surface area contributed by atoms with Crippen molar-refractivity contribution in [1.29, 1.82) is 0 Å². The standard InChI is InChI=1S/C13H20N2O4/c1-9(8-17-2)14-13(16)15-11-7-10(18-3)5-6-12(11)19-4/h5-7,9H,8H2,1-4H3,(H2,14,15,16)/t9-/m0/s1. The van der Waals surface area contributed by atoms with E-state index >= 15 is 0 Å². The van der Waals surface area contributed by atoms with Gasteiger partial charge in [-0.1, -0.05) is 0 Å². The zero-order valence-corrected chi connectivity index (χ0v) is 11.6. The highest BCUT2D eigenvalue weighted by Crippen LogP contribution is 2.28. The second-order valence-electron chi connectivity index (χ2n) is 4.02. The SMILES string of the molecule is COC[C@H](C)NC(=O)Nc1cc(OC)ccc1OC. The van der Waals surface area contributed by atoms with Gasteiger partial charge in [0.05, 0.1) is 32.6 Å². The maximum atomic E-state index is 11.8. The average molecular weight is 268 g/mol. The van der Waals surface area contributed by atoms with Crippen LogP contribution in [0.2, 0.25) is 0 Å². The van der Waals surface area contributed by atoms with Gasteiger partial charge >= 0.3 is 6.03 Å². The number of hydrogen-bond acceptors (Lipinski definition) is 4. The molecule has 1 aromatic rings. The number of nitrogens with one attached hydrogen (secondary N) is 2. The van der Waals surface area contributed by atoms with Crippen LogP contribution in [0.4, 0.5) is 10.5 Å². The van der Waals surface area contributed by atoms with Gasteiger partial charge in [-0.05, 0) is 19.1 Å². The van der Waals surface area contributed by atoms with Crippen molar-refractivity contribution >= 4 is 11.7 Å². The molecule has 0 saturated carbocycles. The molecule has 2 N–H and O–H groups in total. The third-order valence-corrected chi connectivity index (χ3v) is 2.45. The van der Waals surface area contributed by atoms with Crippen molar-refractivity contribution in [3.05, 3.63) is 18.2 Å². The van der Waals surface area contributed by atoms with Gasteiger partial charge in [-0.2, -0.15) is 0 Å². The lowest BCUT2D eigenvalue weighted by atomic mass is 10.2. The molecule has 0 bridgehead atoms. The van der Waals surface area contributed by atoms with Crippen LogP contribution < -0.4 is 20.1 Å². The smallest absolute Gasteiger partial charge is 0.319 e. The summed E-state index contributed by atoms with van der Waals surface area (Å²) in [6.07, 6.45) is 0. The van der Waals surface area contributed by atoms with Gasteiger partial charge in [0.15, 0.2) is 0 Å². The van der Waals surface area contributed by atoms with Crippen molar-refractivity contribution in [2.75, 3.05) is 33.3 Å². The maximum Gasteiger partial charge on any atom is 0.319 e. The Labute approximate surface area is 113 Å². The molecule has 6 nitrogen and oxygen atoms in total. The number of anilines is 1. The summed E-state index contributed by atoms with van der Waals surface area (Å²) in [7, 11) is 4.69. The molecule has 0 aliphatic carbocycles. The highest BCUT2D eigenvalue weighted by Gasteiger charge is 2.11. The van der Waals surface area contributed by atoms with E-state index in [0.717, 1.165) is 0 Å². The van der Waals surface area contributed by atoms with Crippen LogP contribution in [-0.2, 0) is 4.74 Å². The number of carbonyl (C=O) groups is 1. The fourth-order valence-corrected chi connectivity index (χ4v) is 1.59. The van der Waals surface area contributed by atoms with Gasteiger partial charge < -0.3 is 24.8 Å². The zero-order chi connectivity index (χ0) is 14.3. The minimum absolute atomic E-state index is 0.0818. The minimum atomic E-state index is -0.323. The number of urea groups is 1. The van der Waals surface area contributed by atoms with E-state index in [9.17, 15) is 4.79 Å². The summed E-state index contributed by atoms with van der Waals surface area (Å²) in [5.74, 6) is 1.20. The first-order chi connectivity index (χ1) is 9.10. The molecule has 106 valence electrons. The molecule has 0 saturated heterocycles. The molecule has 2 amide bonds. The van der Waals surface area contributed by atoms with E-state index in [0.29, 0.717) is 23.8 Å². The summed E-state index contributed by atoms with van der Waals surface area (Å²) in [4.78, 5) is 11.8. The first kappa shape index (κ1) is 15.1. The monoisotopic (exact) mass is 268 g/mol. The lowest BCUT2D eigenvalue weighted by Gasteiger charge is -2.15. The van der Waals surface area contributed by atoms with Crippen LogP contribution in [0, 0.1) is 0 Å². The minimum Gasteiger partial charge on any atom is -0.497 e. The Bertz CT molecular complexity index is 423. The Morgan fingerprint density at radius 2 is 2.00 bits per heavy atom. The molecule has 0 spiro atoms. The van der Waals surface area contributed by atoms with Gasteiger partial charge in [-0.3, -0.25) is 0 Å². The zero-order valence-electron chi connectivity index (χ0n) is 11.6. The van der Waals surface area contributed by atoms with Crippen molar-refractivity contribution in [2.45, 2.75) is 13.0 Å². The van der Waals surface area contributed by atoms with E-state index < -0.39 is 0 Å². The summed E-state index contributed by atoms with van der Waals surface area (Å²) in [5, 5.41) is 5.46. The molecule has 19 heavy (non-hydrogen) atoms. The molecular weight excluding hydrogens is 248 g/mol. The van der Waals surface area contributed by atoms with Gasteiger partial charge in [0.1, 0.15) is 11.5 Å². The molecular formula is C13H20N2O4. The normalized spacial score (nSPS) is 11.6. The Balaban J connectivity index is 2.71. The molecule has 6 heteroatoms. The summed E-state index contributed by atoms with van der Waals surface area (Å²) in [6.45, 7) is 2.30. The molecule has 1 rings (SSSR count). The quantitative estimate of drug-likeness (QED) is 0.826. The van der Waals surface area contributed by atoms with Crippen LogP contribution in [0.1, 0.15) is 6.92 Å². The van der Waals surface area contributed by atoms with Crippen molar-refractivity contribution in [2.24, 2.45) is 0 Å². The molecule has 0 aliphatic heterocycles. The topological polar surface area (TPSA) is 68.8 Å². The van der Waals surface area contributed by atoms with Gasteiger partial charge in [0.25, 0.3) is 0 Å². The summed E-state index contributed by atoms with van der Waals surface area (Å²) >= 11 is 0. The summed E-state index contributed by atoms with van der Waals surface area (Å²) < 4.78 is 15.2. The Morgan fingerprint density at radius 1 is 1.26 bits per heavy atom. The summed E-state index contributed by atoms with van der Waals surface area (Å²) in [6, 6.07) is 4.78. The van der Waals surface area contributed by atoms with E-state index in [-0.39, 0.29) is 12.1 Å². The number of hydrogen-bond donors (Lipinski definition) is 2. The third kappa shape index (κ3) is 4.67. The molecule has 0 aliphatic rings. The largest absolute Gasteiger partial charge is 0.497 e. The third-order valence-electron chi connectivity index (χ3n) is 2.45. The van der Waals surface area contributed by atoms with E-state index in [1.54, 1.807) is 39.5 Å². The van der Waals surface area contributed by atoms with Crippen molar-refractivity contribution < 1.29 is 19.0 Å². The highest BCUT2D eigenvalue weighted by atomic mass is 16.5. The Kier molecular flexibility index (Phi) is 5.95. The maximum absolute atomic E-state index is 11.8.